The fourth-order valence-electron chi connectivity index (χ4n) is 4.39. The van der Waals surface area contributed by atoms with Crippen LogP contribution in [0, 0.1) is 0 Å². The number of esters is 1. The number of methoxy groups -OCH3 is 1. The summed E-state index contributed by atoms with van der Waals surface area (Å²) in [7, 11) is 1.60. The fourth-order valence-corrected chi connectivity index (χ4v) is 5.70. The summed E-state index contributed by atoms with van der Waals surface area (Å²) >= 11 is 7.68. The Labute approximate surface area is 197 Å². The Morgan fingerprint density at radius 1 is 1.12 bits per heavy atom. The third-order valence-electron chi connectivity index (χ3n) is 5.90. The molecule has 8 heteroatoms. The molecule has 0 radical (unpaired) electrons. The smallest absolute Gasteiger partial charge is 0.323 e. The number of carbonyl (C=O) groups is 1. The number of thiazole rings is 1. The van der Waals surface area contributed by atoms with Gasteiger partial charge >= 0.3 is 5.97 Å². The van der Waals surface area contributed by atoms with Gasteiger partial charge in [0.1, 0.15) is 23.5 Å². The predicted octanol–water partition coefficient (Wildman–Crippen LogP) is 5.61. The summed E-state index contributed by atoms with van der Waals surface area (Å²) < 4.78 is 13.9. The lowest BCUT2D eigenvalue weighted by Crippen LogP contribution is -2.31. The molecule has 2 atom stereocenters. The average molecular weight is 477 g/mol. The maximum Gasteiger partial charge on any atom is 0.323 e. The van der Waals surface area contributed by atoms with Crippen LogP contribution in [0.1, 0.15) is 23.3 Å². The molecule has 164 valence electrons. The topological polar surface area (TPSA) is 73.1 Å². The van der Waals surface area contributed by atoms with Gasteiger partial charge in [-0.05, 0) is 36.4 Å². The van der Waals surface area contributed by atoms with Crippen molar-refractivity contribution in [3.05, 3.63) is 83.0 Å². The van der Waals surface area contributed by atoms with Crippen molar-refractivity contribution in [3.8, 4) is 22.8 Å². The quantitative estimate of drug-likeness (QED) is 0.270. The molecule has 1 N–H and O–H groups in total. The Kier molecular flexibility index (Phi) is 4.65. The third kappa shape index (κ3) is 3.12. The summed E-state index contributed by atoms with van der Waals surface area (Å²) in [6.07, 6.45) is -1.09. The van der Waals surface area contributed by atoms with Gasteiger partial charge < -0.3 is 14.6 Å². The molecule has 33 heavy (non-hydrogen) atoms. The first-order chi connectivity index (χ1) is 16.0. The van der Waals surface area contributed by atoms with Crippen LogP contribution in [-0.2, 0) is 4.79 Å². The first-order valence-corrected chi connectivity index (χ1v) is 11.5. The van der Waals surface area contributed by atoms with Gasteiger partial charge in [-0.1, -0.05) is 53.3 Å². The maximum absolute atomic E-state index is 13.3. The van der Waals surface area contributed by atoms with E-state index in [2.05, 4.69) is 0 Å². The zero-order valence-corrected chi connectivity index (χ0v) is 18.9. The van der Waals surface area contributed by atoms with Crippen LogP contribution < -0.4 is 9.47 Å². The molecule has 3 heterocycles. The highest BCUT2D eigenvalue weighted by atomic mass is 35.5. The summed E-state index contributed by atoms with van der Waals surface area (Å²) in [5, 5.41) is 12.0. The Balaban J connectivity index is 1.66. The van der Waals surface area contributed by atoms with E-state index < -0.39 is 18.0 Å². The van der Waals surface area contributed by atoms with Crippen LogP contribution in [-0.4, -0.2) is 27.6 Å². The SMILES string of the molecule is COc1cccc(-c2nc3sc4cc(Cl)ccc4n3c2C2C(=O)Oc3ccccc3C2O)c1. The second-order valence-electron chi connectivity index (χ2n) is 7.79. The van der Waals surface area contributed by atoms with Crippen molar-refractivity contribution in [2.45, 2.75) is 12.0 Å². The summed E-state index contributed by atoms with van der Waals surface area (Å²) in [6.45, 7) is 0. The van der Waals surface area contributed by atoms with Gasteiger partial charge in [-0.3, -0.25) is 9.20 Å². The molecule has 5 aromatic rings. The minimum absolute atomic E-state index is 0.372. The van der Waals surface area contributed by atoms with Crippen molar-refractivity contribution < 1.29 is 19.4 Å². The molecule has 3 aromatic carbocycles. The Morgan fingerprint density at radius 3 is 2.82 bits per heavy atom. The molecule has 0 saturated carbocycles. The summed E-state index contributed by atoms with van der Waals surface area (Å²) in [5.74, 6) is -0.453. The van der Waals surface area contributed by atoms with Crippen molar-refractivity contribution in [1.29, 1.82) is 0 Å². The lowest BCUT2D eigenvalue weighted by atomic mass is 9.88. The number of aliphatic hydroxyl groups excluding tert-OH is 1. The summed E-state index contributed by atoms with van der Waals surface area (Å²) in [4.78, 5) is 18.8. The zero-order chi connectivity index (χ0) is 22.7. The van der Waals surface area contributed by atoms with E-state index in [0.29, 0.717) is 38.4 Å². The van der Waals surface area contributed by atoms with Crippen LogP contribution >= 0.6 is 22.9 Å². The number of hydrogen-bond acceptors (Lipinski definition) is 6. The molecule has 0 fully saturated rings. The molecule has 6 rings (SSSR count). The molecule has 1 aliphatic rings. The summed E-state index contributed by atoms with van der Waals surface area (Å²) in [5.41, 5.74) is 3.36. The number of imidazole rings is 1. The van der Waals surface area contributed by atoms with Crippen molar-refractivity contribution in [1.82, 2.24) is 9.38 Å². The van der Waals surface area contributed by atoms with Crippen LogP contribution in [0.25, 0.3) is 26.4 Å². The Hall–Kier alpha value is -3.39. The normalized spacial score (nSPS) is 17.8. The maximum atomic E-state index is 13.3. The van der Waals surface area contributed by atoms with Crippen LogP contribution in [0.5, 0.6) is 11.5 Å². The molecule has 0 amide bonds. The second kappa shape index (κ2) is 7.59. The monoisotopic (exact) mass is 476 g/mol. The lowest BCUT2D eigenvalue weighted by molar-refractivity contribution is -0.141. The number of aliphatic hydroxyl groups is 1. The van der Waals surface area contributed by atoms with Gasteiger partial charge in [-0.15, -0.1) is 0 Å². The lowest BCUT2D eigenvalue weighted by Gasteiger charge is -2.28. The highest BCUT2D eigenvalue weighted by molar-refractivity contribution is 7.23. The number of carbonyl (C=O) groups excluding carboxylic acids is 1. The number of rotatable bonds is 3. The number of para-hydroxylation sites is 1. The van der Waals surface area contributed by atoms with Crippen molar-refractivity contribution in [3.63, 3.8) is 0 Å². The van der Waals surface area contributed by atoms with Gasteiger partial charge in [0.25, 0.3) is 0 Å². The Bertz CT molecular complexity index is 1560. The van der Waals surface area contributed by atoms with E-state index in [4.69, 9.17) is 26.1 Å². The van der Waals surface area contributed by atoms with Gasteiger partial charge in [0.05, 0.1) is 28.7 Å². The molecule has 2 aromatic heterocycles. The Morgan fingerprint density at radius 2 is 1.97 bits per heavy atom. The average Bonchev–Trinajstić information content (AvgIpc) is 3.35. The predicted molar refractivity (Wildman–Crippen MR) is 127 cm³/mol. The highest BCUT2D eigenvalue weighted by Crippen LogP contribution is 2.46. The molecule has 0 saturated heterocycles. The molecule has 0 bridgehead atoms. The van der Waals surface area contributed by atoms with Crippen molar-refractivity contribution in [2.75, 3.05) is 7.11 Å². The molecular weight excluding hydrogens is 460 g/mol. The standard InChI is InChI=1S/C25H17ClN2O4S/c1-31-15-6-4-5-13(11-15)21-22(20-23(29)16-7-2-3-8-18(16)32-24(20)30)28-17-10-9-14(26)12-19(17)33-25(28)27-21/h2-12,20,23,29H,1H3. The van der Waals surface area contributed by atoms with E-state index in [0.717, 1.165) is 15.8 Å². The minimum Gasteiger partial charge on any atom is -0.497 e. The van der Waals surface area contributed by atoms with E-state index in [9.17, 15) is 9.90 Å². The molecule has 2 unspecified atom stereocenters. The number of benzene rings is 3. The van der Waals surface area contributed by atoms with Gasteiger partial charge in [0, 0.05) is 16.1 Å². The minimum atomic E-state index is -1.09. The van der Waals surface area contributed by atoms with Crippen molar-refractivity contribution >= 4 is 44.1 Å². The summed E-state index contributed by atoms with van der Waals surface area (Å²) in [6, 6.07) is 20.1. The van der Waals surface area contributed by atoms with E-state index in [1.54, 1.807) is 31.4 Å². The van der Waals surface area contributed by atoms with E-state index in [-0.39, 0.29) is 0 Å². The fraction of sp³-hybridized carbons (Fsp3) is 0.120. The number of nitrogens with zero attached hydrogens (tertiary/aromatic N) is 2. The van der Waals surface area contributed by atoms with Crippen LogP contribution in [0.15, 0.2) is 66.7 Å². The largest absolute Gasteiger partial charge is 0.497 e. The number of ether oxygens (including phenoxy) is 2. The van der Waals surface area contributed by atoms with Gasteiger partial charge in [0.2, 0.25) is 0 Å². The van der Waals surface area contributed by atoms with Crippen molar-refractivity contribution in [2.24, 2.45) is 0 Å². The highest BCUT2D eigenvalue weighted by Gasteiger charge is 2.42. The molecule has 1 aliphatic heterocycles. The molecular formula is C25H17ClN2O4S. The molecule has 0 spiro atoms. The molecule has 6 nitrogen and oxygen atoms in total. The number of halogens is 1. The second-order valence-corrected chi connectivity index (χ2v) is 9.24. The number of fused-ring (bicyclic) bond motifs is 4. The van der Waals surface area contributed by atoms with E-state index in [1.807, 2.05) is 46.9 Å². The number of aromatic nitrogens is 2. The van der Waals surface area contributed by atoms with Crippen LogP contribution in [0.4, 0.5) is 0 Å². The van der Waals surface area contributed by atoms with Gasteiger partial charge in [-0.2, -0.15) is 0 Å². The van der Waals surface area contributed by atoms with E-state index in [1.165, 1.54) is 11.3 Å². The van der Waals surface area contributed by atoms with Crippen LogP contribution in [0.2, 0.25) is 5.02 Å². The third-order valence-corrected chi connectivity index (χ3v) is 7.14. The number of hydrogen-bond donors (Lipinski definition) is 1. The first-order valence-electron chi connectivity index (χ1n) is 10.3. The molecule has 0 aliphatic carbocycles. The van der Waals surface area contributed by atoms with Gasteiger partial charge in [0.15, 0.2) is 4.96 Å². The van der Waals surface area contributed by atoms with Gasteiger partial charge in [-0.25, -0.2) is 4.98 Å². The zero-order valence-electron chi connectivity index (χ0n) is 17.4. The van der Waals surface area contributed by atoms with Crippen LogP contribution in [0.3, 0.4) is 0 Å². The van der Waals surface area contributed by atoms with E-state index >= 15 is 0 Å². The first kappa shape index (κ1) is 20.2.